The van der Waals surface area contributed by atoms with Crippen LogP contribution in [0.5, 0.6) is 0 Å². The highest BCUT2D eigenvalue weighted by molar-refractivity contribution is 4.71. The monoisotopic (exact) mass is 227 g/mol. The van der Waals surface area contributed by atoms with Crippen molar-refractivity contribution in [2.75, 3.05) is 26.4 Å². The van der Waals surface area contributed by atoms with Crippen molar-refractivity contribution in [3.05, 3.63) is 0 Å². The lowest BCUT2D eigenvalue weighted by Crippen LogP contribution is -2.35. The minimum absolute atomic E-state index is 0.369. The topological polar surface area (TPSA) is 30.5 Å². The Balaban J connectivity index is 1.47. The summed E-state index contributed by atoms with van der Waals surface area (Å²) in [7, 11) is 0. The van der Waals surface area contributed by atoms with E-state index >= 15 is 0 Å². The highest BCUT2D eigenvalue weighted by Crippen LogP contribution is 2.13. The molecule has 0 spiro atoms. The first-order valence-electron chi connectivity index (χ1n) is 6.88. The van der Waals surface area contributed by atoms with Gasteiger partial charge in [-0.3, -0.25) is 0 Å². The minimum Gasteiger partial charge on any atom is -0.379 e. The molecule has 0 bridgehead atoms. The number of nitrogens with one attached hydrogen (secondary N) is 1. The van der Waals surface area contributed by atoms with Crippen LogP contribution in [0.3, 0.4) is 0 Å². The molecule has 2 fully saturated rings. The molecular formula is C13H25NO2. The van der Waals surface area contributed by atoms with Crippen molar-refractivity contribution < 1.29 is 9.47 Å². The quantitative estimate of drug-likeness (QED) is 0.730. The molecule has 2 heterocycles. The van der Waals surface area contributed by atoms with Gasteiger partial charge in [-0.1, -0.05) is 6.42 Å². The third-order valence-corrected chi connectivity index (χ3v) is 3.60. The number of rotatable bonds is 5. The van der Waals surface area contributed by atoms with E-state index < -0.39 is 0 Å². The molecule has 2 rings (SSSR count). The van der Waals surface area contributed by atoms with Crippen LogP contribution >= 0.6 is 0 Å². The van der Waals surface area contributed by atoms with Crippen LogP contribution in [0, 0.1) is 0 Å². The van der Waals surface area contributed by atoms with Crippen molar-refractivity contribution >= 4 is 0 Å². The first-order chi connectivity index (χ1) is 7.95. The van der Waals surface area contributed by atoms with Crippen LogP contribution in [0.2, 0.25) is 0 Å². The molecular weight excluding hydrogens is 202 g/mol. The highest BCUT2D eigenvalue weighted by Gasteiger charge is 2.15. The zero-order valence-corrected chi connectivity index (χ0v) is 10.2. The molecule has 2 aliphatic rings. The van der Waals surface area contributed by atoms with Gasteiger partial charge >= 0.3 is 0 Å². The molecule has 0 aromatic rings. The molecule has 0 radical (unpaired) electrons. The Morgan fingerprint density at radius 2 is 2.06 bits per heavy atom. The molecule has 2 aliphatic heterocycles. The summed E-state index contributed by atoms with van der Waals surface area (Å²) >= 11 is 0. The lowest BCUT2D eigenvalue weighted by atomic mass is 10.0. The van der Waals surface area contributed by atoms with Gasteiger partial charge in [0.05, 0.1) is 12.7 Å². The van der Waals surface area contributed by atoms with Crippen molar-refractivity contribution in [1.29, 1.82) is 0 Å². The molecule has 0 aliphatic carbocycles. The van der Waals surface area contributed by atoms with Crippen LogP contribution in [0.15, 0.2) is 0 Å². The molecule has 0 amide bonds. The minimum atomic E-state index is 0.369. The fraction of sp³-hybridized carbons (Fsp3) is 1.00. The Bertz CT molecular complexity index is 155. The zero-order chi connectivity index (χ0) is 11.1. The average Bonchev–Trinajstić information content (AvgIpc) is 2.37. The van der Waals surface area contributed by atoms with Crippen LogP contribution in [-0.2, 0) is 9.47 Å². The van der Waals surface area contributed by atoms with Gasteiger partial charge < -0.3 is 14.8 Å². The summed E-state index contributed by atoms with van der Waals surface area (Å²) in [5.41, 5.74) is 0. The van der Waals surface area contributed by atoms with E-state index in [0.717, 1.165) is 26.2 Å². The lowest BCUT2D eigenvalue weighted by Gasteiger charge is -2.25. The SMILES string of the molecule is C1CCC(CCOCC2CCCCO2)NC1. The summed E-state index contributed by atoms with van der Waals surface area (Å²) in [6.45, 7) is 3.80. The third-order valence-electron chi connectivity index (χ3n) is 3.60. The summed E-state index contributed by atoms with van der Waals surface area (Å²) in [5.74, 6) is 0. The Hall–Kier alpha value is -0.120. The molecule has 1 N–H and O–H groups in total. The first kappa shape index (κ1) is 12.3. The average molecular weight is 227 g/mol. The maximum Gasteiger partial charge on any atom is 0.0808 e. The predicted molar refractivity (Wildman–Crippen MR) is 64.7 cm³/mol. The van der Waals surface area contributed by atoms with E-state index in [1.165, 1.54) is 45.1 Å². The maximum atomic E-state index is 5.71. The Morgan fingerprint density at radius 3 is 2.81 bits per heavy atom. The molecule has 2 unspecified atom stereocenters. The van der Waals surface area contributed by atoms with Crippen LogP contribution in [0.4, 0.5) is 0 Å². The summed E-state index contributed by atoms with van der Waals surface area (Å²) < 4.78 is 11.3. The van der Waals surface area contributed by atoms with Gasteiger partial charge in [-0.05, 0) is 45.1 Å². The van der Waals surface area contributed by atoms with E-state index in [1.54, 1.807) is 0 Å². The molecule has 94 valence electrons. The largest absolute Gasteiger partial charge is 0.379 e. The standard InChI is InChI=1S/C13H25NO2/c1-3-8-14-12(5-1)7-10-15-11-13-6-2-4-9-16-13/h12-14H,1-11H2. The van der Waals surface area contributed by atoms with E-state index in [1.807, 2.05) is 0 Å². The zero-order valence-electron chi connectivity index (χ0n) is 10.2. The summed E-state index contributed by atoms with van der Waals surface area (Å²) in [4.78, 5) is 0. The van der Waals surface area contributed by atoms with Crippen molar-refractivity contribution in [2.45, 2.75) is 57.1 Å². The van der Waals surface area contributed by atoms with Crippen molar-refractivity contribution in [2.24, 2.45) is 0 Å². The molecule has 0 aromatic carbocycles. The van der Waals surface area contributed by atoms with Crippen LogP contribution in [-0.4, -0.2) is 38.5 Å². The van der Waals surface area contributed by atoms with E-state index in [2.05, 4.69) is 5.32 Å². The fourth-order valence-corrected chi connectivity index (χ4v) is 2.55. The molecule has 2 atom stereocenters. The Kier molecular flexibility index (Phi) is 5.59. The van der Waals surface area contributed by atoms with Crippen LogP contribution < -0.4 is 5.32 Å². The predicted octanol–water partition coefficient (Wildman–Crippen LogP) is 2.10. The summed E-state index contributed by atoms with van der Waals surface area (Å²) in [6.07, 6.45) is 9.28. The van der Waals surface area contributed by atoms with Crippen molar-refractivity contribution in [3.8, 4) is 0 Å². The molecule has 2 saturated heterocycles. The Labute approximate surface area is 98.9 Å². The van der Waals surface area contributed by atoms with E-state index in [0.29, 0.717) is 12.1 Å². The molecule has 3 heteroatoms. The smallest absolute Gasteiger partial charge is 0.0808 e. The van der Waals surface area contributed by atoms with Gasteiger partial charge in [-0.2, -0.15) is 0 Å². The van der Waals surface area contributed by atoms with E-state index in [9.17, 15) is 0 Å². The van der Waals surface area contributed by atoms with Gasteiger partial charge in [-0.15, -0.1) is 0 Å². The van der Waals surface area contributed by atoms with Gasteiger partial charge in [0.25, 0.3) is 0 Å². The first-order valence-corrected chi connectivity index (χ1v) is 6.88. The number of ether oxygens (including phenoxy) is 2. The molecule has 0 saturated carbocycles. The summed E-state index contributed by atoms with van der Waals surface area (Å²) in [5, 5.41) is 3.55. The van der Waals surface area contributed by atoms with Gasteiger partial charge in [0.1, 0.15) is 0 Å². The highest BCUT2D eigenvalue weighted by atomic mass is 16.5. The second-order valence-electron chi connectivity index (χ2n) is 5.00. The second-order valence-corrected chi connectivity index (χ2v) is 5.00. The molecule has 3 nitrogen and oxygen atoms in total. The van der Waals surface area contributed by atoms with Gasteiger partial charge in [0.15, 0.2) is 0 Å². The second kappa shape index (κ2) is 7.25. The van der Waals surface area contributed by atoms with E-state index in [4.69, 9.17) is 9.47 Å². The van der Waals surface area contributed by atoms with Gasteiger partial charge in [0, 0.05) is 19.3 Å². The van der Waals surface area contributed by atoms with Gasteiger partial charge in [0.2, 0.25) is 0 Å². The maximum absolute atomic E-state index is 5.71. The normalized spacial score (nSPS) is 31.5. The lowest BCUT2D eigenvalue weighted by molar-refractivity contribution is -0.0420. The third kappa shape index (κ3) is 4.40. The van der Waals surface area contributed by atoms with Crippen molar-refractivity contribution in [3.63, 3.8) is 0 Å². The van der Waals surface area contributed by atoms with Crippen LogP contribution in [0.1, 0.15) is 44.9 Å². The number of hydrogen-bond acceptors (Lipinski definition) is 3. The number of hydrogen-bond donors (Lipinski definition) is 1. The molecule has 16 heavy (non-hydrogen) atoms. The molecule has 0 aromatic heterocycles. The fourth-order valence-electron chi connectivity index (χ4n) is 2.55. The Morgan fingerprint density at radius 1 is 1.12 bits per heavy atom. The number of piperidine rings is 1. The van der Waals surface area contributed by atoms with Crippen LogP contribution in [0.25, 0.3) is 0 Å². The summed E-state index contributed by atoms with van der Waals surface area (Å²) in [6, 6.07) is 0.695. The van der Waals surface area contributed by atoms with Gasteiger partial charge in [-0.25, -0.2) is 0 Å². The van der Waals surface area contributed by atoms with Crippen molar-refractivity contribution in [1.82, 2.24) is 5.32 Å². The van der Waals surface area contributed by atoms with E-state index in [-0.39, 0.29) is 0 Å².